The summed E-state index contributed by atoms with van der Waals surface area (Å²) < 4.78 is 11.6. The van der Waals surface area contributed by atoms with Crippen LogP contribution in [0.25, 0.3) is 0 Å². The van der Waals surface area contributed by atoms with E-state index in [0.29, 0.717) is 26.1 Å². The molecule has 0 N–H and O–H groups in total. The number of esters is 1. The van der Waals surface area contributed by atoms with Gasteiger partial charge in [-0.3, -0.25) is 9.59 Å². The average Bonchev–Trinajstić information content (AvgIpc) is 2.62. The van der Waals surface area contributed by atoms with E-state index < -0.39 is 10.8 Å². The molecule has 0 fully saturated rings. The van der Waals surface area contributed by atoms with Crippen LogP contribution in [0.2, 0.25) is 0 Å². The van der Waals surface area contributed by atoms with Gasteiger partial charge >= 0.3 is 5.97 Å². The molecule has 0 aliphatic heterocycles. The number of rotatable bonds is 11. The van der Waals surface area contributed by atoms with Gasteiger partial charge in [0.2, 0.25) is 0 Å². The van der Waals surface area contributed by atoms with E-state index in [4.69, 9.17) is 9.47 Å². The van der Waals surface area contributed by atoms with Crippen molar-refractivity contribution >= 4 is 27.7 Å². The first kappa shape index (κ1) is 22.8. The number of benzene rings is 1. The number of unbranched alkanes of at least 4 members (excludes halogenated alkanes) is 1. The lowest BCUT2D eigenvalue weighted by Crippen LogP contribution is -2.37. The van der Waals surface area contributed by atoms with E-state index in [1.807, 2.05) is 45.0 Å². The van der Waals surface area contributed by atoms with Crippen LogP contribution in [0.5, 0.6) is 0 Å². The second-order valence-electron chi connectivity index (χ2n) is 7.55. The first-order valence-corrected chi connectivity index (χ1v) is 9.92. The summed E-state index contributed by atoms with van der Waals surface area (Å²) in [4.78, 5) is 25.2. The Hall–Kier alpha value is -1.20. The molecule has 1 aromatic carbocycles. The number of carbonyl (C=O) groups is 2. The smallest absolute Gasteiger partial charge is 0.316 e. The van der Waals surface area contributed by atoms with Gasteiger partial charge in [0.25, 0.3) is 0 Å². The zero-order valence-corrected chi connectivity index (χ0v) is 18.1. The second kappa shape index (κ2) is 10.2. The van der Waals surface area contributed by atoms with Gasteiger partial charge < -0.3 is 9.47 Å². The van der Waals surface area contributed by atoms with Crippen molar-refractivity contribution in [2.24, 2.45) is 5.41 Å². The van der Waals surface area contributed by atoms with E-state index in [0.717, 1.165) is 22.9 Å². The van der Waals surface area contributed by atoms with Crippen molar-refractivity contribution in [3.05, 3.63) is 34.3 Å². The van der Waals surface area contributed by atoms with Crippen molar-refractivity contribution < 1.29 is 19.1 Å². The fourth-order valence-electron chi connectivity index (χ4n) is 2.78. The lowest BCUT2D eigenvalue weighted by molar-refractivity contribution is -0.147. The van der Waals surface area contributed by atoms with E-state index in [9.17, 15) is 9.59 Å². The van der Waals surface area contributed by atoms with Crippen LogP contribution in [0.3, 0.4) is 0 Å². The Morgan fingerprint density at radius 3 is 2.46 bits per heavy atom. The maximum absolute atomic E-state index is 12.7. The lowest BCUT2D eigenvalue weighted by Gasteiger charge is -2.29. The molecule has 0 radical (unpaired) electrons. The standard InChI is InChI=1S/C21H31BrO4/c1-6-7-13-26-15-20(2,3)18(23)11-12-21(4,19(24)25-5)16-9-8-10-17(22)14-16/h8-10,14H,6-7,11-13,15H2,1-5H3. The zero-order valence-electron chi connectivity index (χ0n) is 16.6. The number of hydrogen-bond acceptors (Lipinski definition) is 4. The third-order valence-corrected chi connectivity index (χ3v) is 5.30. The Bertz CT molecular complexity index is 612. The van der Waals surface area contributed by atoms with Crippen molar-refractivity contribution in [1.29, 1.82) is 0 Å². The van der Waals surface area contributed by atoms with Crippen LogP contribution in [0.4, 0.5) is 0 Å². The highest BCUT2D eigenvalue weighted by molar-refractivity contribution is 9.10. The van der Waals surface area contributed by atoms with Gasteiger partial charge in [-0.05, 0) is 37.5 Å². The summed E-state index contributed by atoms with van der Waals surface area (Å²) >= 11 is 3.44. The van der Waals surface area contributed by atoms with Crippen LogP contribution in [0.15, 0.2) is 28.7 Å². The molecular formula is C21H31BrO4. The highest BCUT2D eigenvalue weighted by Gasteiger charge is 2.38. The first-order valence-electron chi connectivity index (χ1n) is 9.13. The molecule has 146 valence electrons. The molecule has 0 saturated heterocycles. The fourth-order valence-corrected chi connectivity index (χ4v) is 3.18. The Kier molecular flexibility index (Phi) is 8.97. The monoisotopic (exact) mass is 426 g/mol. The SMILES string of the molecule is CCCCOCC(C)(C)C(=O)CCC(C)(C(=O)OC)c1cccc(Br)c1. The third kappa shape index (κ3) is 6.20. The van der Waals surface area contributed by atoms with Gasteiger partial charge in [0, 0.05) is 22.9 Å². The molecule has 0 saturated carbocycles. The van der Waals surface area contributed by atoms with Gasteiger partial charge in [-0.2, -0.15) is 0 Å². The van der Waals surface area contributed by atoms with E-state index >= 15 is 0 Å². The van der Waals surface area contributed by atoms with Gasteiger partial charge in [-0.25, -0.2) is 0 Å². The molecular weight excluding hydrogens is 396 g/mol. The Balaban J connectivity index is 2.83. The topological polar surface area (TPSA) is 52.6 Å². The number of halogens is 1. The molecule has 5 heteroatoms. The minimum atomic E-state index is -0.868. The number of carbonyl (C=O) groups excluding carboxylic acids is 2. The quantitative estimate of drug-likeness (QED) is 0.365. The summed E-state index contributed by atoms with van der Waals surface area (Å²) in [5, 5.41) is 0. The van der Waals surface area contributed by atoms with Crippen LogP contribution in [-0.4, -0.2) is 32.1 Å². The number of hydrogen-bond donors (Lipinski definition) is 0. The van der Waals surface area contributed by atoms with E-state index in [1.54, 1.807) is 0 Å². The molecule has 1 rings (SSSR count). The predicted molar refractivity (Wildman–Crippen MR) is 107 cm³/mol. The molecule has 0 aromatic heterocycles. The summed E-state index contributed by atoms with van der Waals surface area (Å²) in [6, 6.07) is 7.59. The molecule has 0 spiro atoms. The summed E-state index contributed by atoms with van der Waals surface area (Å²) in [6.07, 6.45) is 2.75. The first-order chi connectivity index (χ1) is 12.2. The summed E-state index contributed by atoms with van der Waals surface area (Å²) in [5.41, 5.74) is -0.599. The fraction of sp³-hybridized carbons (Fsp3) is 0.619. The normalized spacial score (nSPS) is 13.9. The van der Waals surface area contributed by atoms with Crippen molar-refractivity contribution in [2.45, 2.75) is 58.8 Å². The van der Waals surface area contributed by atoms with E-state index in [2.05, 4.69) is 22.9 Å². The van der Waals surface area contributed by atoms with E-state index in [-0.39, 0.29) is 11.8 Å². The van der Waals surface area contributed by atoms with Crippen LogP contribution >= 0.6 is 15.9 Å². The van der Waals surface area contributed by atoms with Crippen molar-refractivity contribution in [3.63, 3.8) is 0 Å². The Morgan fingerprint density at radius 1 is 1.19 bits per heavy atom. The number of ether oxygens (including phenoxy) is 2. The lowest BCUT2D eigenvalue weighted by atomic mass is 9.75. The average molecular weight is 427 g/mol. The Morgan fingerprint density at radius 2 is 1.88 bits per heavy atom. The summed E-state index contributed by atoms with van der Waals surface area (Å²) in [5.74, 6) is -0.237. The van der Waals surface area contributed by atoms with Crippen LogP contribution in [0, 0.1) is 5.41 Å². The number of methoxy groups -OCH3 is 1. The van der Waals surface area contributed by atoms with Crippen LogP contribution < -0.4 is 0 Å². The molecule has 0 bridgehead atoms. The van der Waals surface area contributed by atoms with E-state index in [1.165, 1.54) is 7.11 Å². The molecule has 0 aliphatic carbocycles. The van der Waals surface area contributed by atoms with Crippen LogP contribution in [0.1, 0.15) is 58.9 Å². The number of Topliss-reactive ketones (excluding diaryl/α,β-unsaturated/α-hetero) is 1. The molecule has 1 atom stereocenters. The van der Waals surface area contributed by atoms with Crippen molar-refractivity contribution in [2.75, 3.05) is 20.3 Å². The molecule has 1 unspecified atom stereocenters. The minimum absolute atomic E-state index is 0.0964. The minimum Gasteiger partial charge on any atom is -0.468 e. The molecule has 0 aliphatic rings. The van der Waals surface area contributed by atoms with Gasteiger partial charge in [0.1, 0.15) is 5.78 Å². The van der Waals surface area contributed by atoms with Crippen molar-refractivity contribution in [3.8, 4) is 0 Å². The van der Waals surface area contributed by atoms with Crippen molar-refractivity contribution in [1.82, 2.24) is 0 Å². The van der Waals surface area contributed by atoms with Gasteiger partial charge in [0.15, 0.2) is 0 Å². The molecule has 0 amide bonds. The predicted octanol–water partition coefficient (Wildman–Crippen LogP) is 5.07. The van der Waals surface area contributed by atoms with Crippen LogP contribution in [-0.2, 0) is 24.5 Å². The van der Waals surface area contributed by atoms with Gasteiger partial charge in [-0.15, -0.1) is 0 Å². The molecule has 26 heavy (non-hydrogen) atoms. The molecule has 4 nitrogen and oxygen atoms in total. The maximum atomic E-state index is 12.7. The largest absolute Gasteiger partial charge is 0.468 e. The second-order valence-corrected chi connectivity index (χ2v) is 8.46. The number of ketones is 1. The third-order valence-electron chi connectivity index (χ3n) is 4.81. The summed E-state index contributed by atoms with van der Waals surface area (Å²) in [7, 11) is 1.38. The maximum Gasteiger partial charge on any atom is 0.316 e. The molecule has 1 aromatic rings. The zero-order chi connectivity index (χ0) is 19.8. The molecule has 0 heterocycles. The summed E-state index contributed by atoms with van der Waals surface area (Å²) in [6.45, 7) is 8.81. The van der Waals surface area contributed by atoms with Gasteiger partial charge in [-0.1, -0.05) is 55.3 Å². The highest BCUT2D eigenvalue weighted by atomic mass is 79.9. The highest BCUT2D eigenvalue weighted by Crippen LogP contribution is 2.34. The van der Waals surface area contributed by atoms with Gasteiger partial charge in [0.05, 0.1) is 19.1 Å². The Labute approximate surface area is 165 Å².